The van der Waals surface area contributed by atoms with E-state index in [0.29, 0.717) is 37.8 Å². The molecule has 2 aliphatic rings. The minimum atomic E-state index is -3.82. The molecule has 0 saturated carbocycles. The lowest BCUT2D eigenvalue weighted by Crippen LogP contribution is -2.37. The van der Waals surface area contributed by atoms with Gasteiger partial charge in [0.15, 0.2) is 0 Å². The number of aromatic nitrogens is 3. The molecule has 0 bridgehead atoms. The fraction of sp³-hybridized carbons (Fsp3) is 0.286. The Morgan fingerprint density at radius 1 is 1.00 bits per heavy atom. The molecular weight excluding hydrogens is 416 g/mol. The number of fused-ring (bicyclic) bond motifs is 1. The highest BCUT2D eigenvalue weighted by atomic mass is 32.2. The Hall–Kier alpha value is -3.08. The molecule has 10 heteroatoms. The molecule has 4 heterocycles. The van der Waals surface area contributed by atoms with E-state index in [2.05, 4.69) is 14.8 Å². The van der Waals surface area contributed by atoms with Crippen molar-refractivity contribution in [2.45, 2.75) is 11.3 Å². The van der Waals surface area contributed by atoms with Crippen LogP contribution in [0.25, 0.3) is 11.3 Å². The van der Waals surface area contributed by atoms with E-state index in [0.717, 1.165) is 35.7 Å². The van der Waals surface area contributed by atoms with Crippen LogP contribution >= 0.6 is 0 Å². The van der Waals surface area contributed by atoms with Crippen LogP contribution in [0.15, 0.2) is 53.7 Å². The Kier molecular flexibility index (Phi) is 5.05. The van der Waals surface area contributed by atoms with Crippen LogP contribution < -0.4 is 14.9 Å². The standard InChI is InChI=1S/C21H22N6O3S/c22-31(28,29)17-3-1-2-15(14-17)19-18-6-9-27(16-4-7-23-8-5-16)20(18)25-21(24-19)26-10-12-30-13-11-26/h1-5,7-8,14H,6,9-13H2,(H2,22,28,29). The first kappa shape index (κ1) is 19.9. The minimum Gasteiger partial charge on any atom is -0.378 e. The number of rotatable bonds is 4. The number of nitrogens with zero attached hydrogens (tertiary/aromatic N) is 5. The van der Waals surface area contributed by atoms with Crippen molar-refractivity contribution in [2.24, 2.45) is 5.14 Å². The predicted octanol–water partition coefficient (Wildman–Crippen LogP) is 1.72. The van der Waals surface area contributed by atoms with Gasteiger partial charge in [0.05, 0.1) is 23.8 Å². The van der Waals surface area contributed by atoms with Gasteiger partial charge in [-0.05, 0) is 30.7 Å². The summed E-state index contributed by atoms with van der Waals surface area (Å²) >= 11 is 0. The first-order valence-corrected chi connectivity index (χ1v) is 11.6. The summed E-state index contributed by atoms with van der Waals surface area (Å²) in [4.78, 5) is 18.2. The molecule has 31 heavy (non-hydrogen) atoms. The number of morpholine rings is 1. The normalized spacial score (nSPS) is 16.4. The highest BCUT2D eigenvalue weighted by Gasteiger charge is 2.29. The van der Waals surface area contributed by atoms with E-state index in [1.165, 1.54) is 6.07 Å². The number of hydrogen-bond donors (Lipinski definition) is 1. The van der Waals surface area contributed by atoms with Crippen LogP contribution in [0.2, 0.25) is 0 Å². The molecule has 0 unspecified atom stereocenters. The molecule has 0 atom stereocenters. The second kappa shape index (κ2) is 7.88. The fourth-order valence-corrected chi connectivity index (χ4v) is 4.54. The summed E-state index contributed by atoms with van der Waals surface area (Å²) in [5.74, 6) is 1.44. The molecule has 5 rings (SSSR count). The quantitative estimate of drug-likeness (QED) is 0.655. The van der Waals surface area contributed by atoms with Crippen LogP contribution in [0, 0.1) is 0 Å². The van der Waals surface area contributed by atoms with Crippen LogP contribution in [0.4, 0.5) is 17.5 Å². The first-order chi connectivity index (χ1) is 15.0. The van der Waals surface area contributed by atoms with Gasteiger partial charge >= 0.3 is 0 Å². The maximum absolute atomic E-state index is 11.9. The first-order valence-electron chi connectivity index (χ1n) is 10.0. The predicted molar refractivity (Wildman–Crippen MR) is 117 cm³/mol. The van der Waals surface area contributed by atoms with Gasteiger partial charge in [-0.1, -0.05) is 12.1 Å². The van der Waals surface area contributed by atoms with E-state index in [1.807, 2.05) is 18.2 Å². The van der Waals surface area contributed by atoms with Crippen molar-refractivity contribution in [1.29, 1.82) is 0 Å². The van der Waals surface area contributed by atoms with Crippen molar-refractivity contribution in [1.82, 2.24) is 15.0 Å². The van der Waals surface area contributed by atoms with Gasteiger partial charge < -0.3 is 14.5 Å². The van der Waals surface area contributed by atoms with Gasteiger partial charge in [-0.25, -0.2) is 18.5 Å². The minimum absolute atomic E-state index is 0.0641. The van der Waals surface area contributed by atoms with E-state index < -0.39 is 10.0 Å². The number of primary sulfonamides is 1. The number of hydrogen-bond acceptors (Lipinski definition) is 8. The van der Waals surface area contributed by atoms with Crippen LogP contribution in [-0.2, 0) is 21.2 Å². The Balaban J connectivity index is 1.67. The average molecular weight is 439 g/mol. The van der Waals surface area contributed by atoms with E-state index in [9.17, 15) is 8.42 Å². The van der Waals surface area contributed by atoms with Crippen molar-refractivity contribution in [3.8, 4) is 11.3 Å². The van der Waals surface area contributed by atoms with E-state index >= 15 is 0 Å². The van der Waals surface area contributed by atoms with E-state index in [-0.39, 0.29) is 4.90 Å². The molecular formula is C21H22N6O3S. The summed E-state index contributed by atoms with van der Waals surface area (Å²) in [6, 6.07) is 10.5. The molecule has 1 saturated heterocycles. The summed E-state index contributed by atoms with van der Waals surface area (Å²) in [5.41, 5.74) is 3.43. The van der Waals surface area contributed by atoms with Gasteiger partial charge in [0.2, 0.25) is 16.0 Å². The van der Waals surface area contributed by atoms with Crippen LogP contribution in [0.5, 0.6) is 0 Å². The number of nitrogens with two attached hydrogens (primary N) is 1. The molecule has 0 amide bonds. The van der Waals surface area contributed by atoms with Gasteiger partial charge in [-0.3, -0.25) is 4.98 Å². The lowest BCUT2D eigenvalue weighted by molar-refractivity contribution is 0.122. The summed E-state index contributed by atoms with van der Waals surface area (Å²) in [6.45, 7) is 3.38. The summed E-state index contributed by atoms with van der Waals surface area (Å²) in [5, 5.41) is 5.36. The molecule has 0 radical (unpaired) electrons. The van der Waals surface area contributed by atoms with Gasteiger partial charge in [-0.2, -0.15) is 4.98 Å². The molecule has 2 N–H and O–H groups in total. The second-order valence-corrected chi connectivity index (χ2v) is 9.02. The average Bonchev–Trinajstić information content (AvgIpc) is 3.23. The molecule has 0 spiro atoms. The molecule has 3 aromatic rings. The van der Waals surface area contributed by atoms with Crippen molar-refractivity contribution in [3.05, 3.63) is 54.4 Å². The molecule has 160 valence electrons. The van der Waals surface area contributed by atoms with Crippen molar-refractivity contribution < 1.29 is 13.2 Å². The topological polar surface area (TPSA) is 115 Å². The molecule has 1 aromatic carbocycles. The SMILES string of the molecule is NS(=O)(=O)c1cccc(-c2nc(N3CCOCC3)nc3c2CCN3c2ccncc2)c1. The Morgan fingerprint density at radius 2 is 1.77 bits per heavy atom. The van der Waals surface area contributed by atoms with Gasteiger partial charge in [0.25, 0.3) is 0 Å². The zero-order valence-corrected chi connectivity index (χ0v) is 17.6. The Bertz CT molecular complexity index is 1210. The zero-order valence-electron chi connectivity index (χ0n) is 16.8. The van der Waals surface area contributed by atoms with E-state index in [1.54, 1.807) is 24.5 Å². The lowest BCUT2D eigenvalue weighted by atomic mass is 10.1. The van der Waals surface area contributed by atoms with Gasteiger partial charge in [0.1, 0.15) is 5.82 Å². The molecule has 2 aliphatic heterocycles. The van der Waals surface area contributed by atoms with Gasteiger partial charge in [-0.15, -0.1) is 0 Å². The lowest BCUT2D eigenvalue weighted by Gasteiger charge is -2.28. The third kappa shape index (κ3) is 3.85. The third-order valence-electron chi connectivity index (χ3n) is 5.52. The molecule has 2 aromatic heterocycles. The highest BCUT2D eigenvalue weighted by Crippen LogP contribution is 2.39. The van der Waals surface area contributed by atoms with Crippen molar-refractivity contribution in [2.75, 3.05) is 42.6 Å². The third-order valence-corrected chi connectivity index (χ3v) is 6.43. The smallest absolute Gasteiger partial charge is 0.238 e. The summed E-state index contributed by atoms with van der Waals surface area (Å²) in [7, 11) is -3.82. The maximum atomic E-state index is 11.9. The monoisotopic (exact) mass is 438 g/mol. The number of ether oxygens (including phenoxy) is 1. The van der Waals surface area contributed by atoms with Crippen LogP contribution in [-0.4, -0.2) is 56.2 Å². The van der Waals surface area contributed by atoms with E-state index in [4.69, 9.17) is 19.8 Å². The number of sulfonamides is 1. The van der Waals surface area contributed by atoms with Crippen LogP contribution in [0.1, 0.15) is 5.56 Å². The zero-order chi connectivity index (χ0) is 21.4. The summed E-state index contributed by atoms with van der Waals surface area (Å²) < 4.78 is 29.3. The molecule has 9 nitrogen and oxygen atoms in total. The number of benzene rings is 1. The number of pyridine rings is 1. The van der Waals surface area contributed by atoms with Gasteiger partial charge in [0, 0.05) is 48.8 Å². The highest BCUT2D eigenvalue weighted by molar-refractivity contribution is 7.89. The van der Waals surface area contributed by atoms with Crippen molar-refractivity contribution in [3.63, 3.8) is 0 Å². The molecule has 1 fully saturated rings. The Morgan fingerprint density at radius 3 is 2.52 bits per heavy atom. The molecule has 0 aliphatic carbocycles. The maximum Gasteiger partial charge on any atom is 0.238 e. The largest absolute Gasteiger partial charge is 0.378 e. The van der Waals surface area contributed by atoms with Crippen molar-refractivity contribution >= 4 is 27.5 Å². The Labute approximate surface area is 180 Å². The number of anilines is 3. The summed E-state index contributed by atoms with van der Waals surface area (Å²) in [6.07, 6.45) is 4.26. The fourth-order valence-electron chi connectivity index (χ4n) is 3.98. The second-order valence-electron chi connectivity index (χ2n) is 7.45. The van der Waals surface area contributed by atoms with Crippen LogP contribution in [0.3, 0.4) is 0 Å².